The summed E-state index contributed by atoms with van der Waals surface area (Å²) >= 11 is 0. The highest BCUT2D eigenvalue weighted by atomic mass is 16.5. The highest BCUT2D eigenvalue weighted by molar-refractivity contribution is 5.93. The summed E-state index contributed by atoms with van der Waals surface area (Å²) in [4.78, 5) is 21.1. The zero-order chi connectivity index (χ0) is 11.7. The summed E-state index contributed by atoms with van der Waals surface area (Å²) in [7, 11) is 0. The zero-order valence-corrected chi connectivity index (χ0v) is 7.77. The third-order valence-electron chi connectivity index (χ3n) is 1.32. The van der Waals surface area contributed by atoms with Crippen LogP contribution in [0.4, 0.5) is 0 Å². The van der Waals surface area contributed by atoms with Gasteiger partial charge in [-0.05, 0) is 6.42 Å². The first-order chi connectivity index (χ1) is 7.11. The fraction of sp³-hybridized carbons (Fsp3) is 0.333. The molecule has 0 aliphatic heterocycles. The van der Waals surface area contributed by atoms with Crippen molar-refractivity contribution >= 4 is 11.9 Å². The molecule has 1 N–H and O–H groups in total. The number of nitriles is 2. The van der Waals surface area contributed by atoms with E-state index in [0.29, 0.717) is 0 Å². The molecule has 0 atom stereocenters. The number of ether oxygens (including phenoxy) is 1. The van der Waals surface area contributed by atoms with Crippen LogP contribution in [0.3, 0.4) is 0 Å². The first-order valence-corrected chi connectivity index (χ1v) is 4.00. The summed E-state index contributed by atoms with van der Waals surface area (Å²) in [5, 5.41) is 24.9. The maximum Gasteiger partial charge on any atom is 0.349 e. The molecule has 0 fully saturated rings. The standard InChI is InChI=1S/C9H8N2O4/c10-4-3-7(6-11)9(14)15-5-1-2-8(12)13/h3H,1-2,5H2,(H,12,13). The topological polar surface area (TPSA) is 111 Å². The third kappa shape index (κ3) is 5.83. The van der Waals surface area contributed by atoms with Crippen LogP contribution in [0.2, 0.25) is 0 Å². The number of hydrogen-bond donors (Lipinski definition) is 1. The lowest BCUT2D eigenvalue weighted by molar-refractivity contribution is -0.141. The van der Waals surface area contributed by atoms with E-state index >= 15 is 0 Å². The van der Waals surface area contributed by atoms with Crippen LogP contribution in [-0.4, -0.2) is 23.7 Å². The predicted molar refractivity (Wildman–Crippen MR) is 47.1 cm³/mol. The molecule has 6 nitrogen and oxygen atoms in total. The van der Waals surface area contributed by atoms with Gasteiger partial charge in [0.25, 0.3) is 0 Å². The van der Waals surface area contributed by atoms with Gasteiger partial charge in [-0.15, -0.1) is 0 Å². The molecule has 0 radical (unpaired) electrons. The van der Waals surface area contributed by atoms with Crippen molar-refractivity contribution in [1.29, 1.82) is 10.5 Å². The fourth-order valence-corrected chi connectivity index (χ4v) is 0.667. The molecule has 0 rings (SSSR count). The Morgan fingerprint density at radius 1 is 1.40 bits per heavy atom. The van der Waals surface area contributed by atoms with E-state index in [1.54, 1.807) is 0 Å². The maximum atomic E-state index is 11.0. The highest BCUT2D eigenvalue weighted by Gasteiger charge is 2.09. The number of aliphatic carboxylic acids is 1. The Kier molecular flexibility index (Phi) is 5.99. The quantitative estimate of drug-likeness (QED) is 0.302. The normalized spacial score (nSPS) is 9.87. The number of nitrogens with zero attached hydrogens (tertiary/aromatic N) is 2. The van der Waals surface area contributed by atoms with Crippen molar-refractivity contribution in [3.05, 3.63) is 11.6 Å². The van der Waals surface area contributed by atoms with E-state index in [0.717, 1.165) is 6.08 Å². The van der Waals surface area contributed by atoms with Gasteiger partial charge < -0.3 is 9.84 Å². The van der Waals surface area contributed by atoms with Gasteiger partial charge in [0, 0.05) is 12.5 Å². The van der Waals surface area contributed by atoms with Crippen LogP contribution in [-0.2, 0) is 14.3 Å². The average Bonchev–Trinajstić information content (AvgIpc) is 2.20. The van der Waals surface area contributed by atoms with Crippen molar-refractivity contribution in [3.8, 4) is 12.1 Å². The van der Waals surface area contributed by atoms with Gasteiger partial charge in [-0.1, -0.05) is 0 Å². The van der Waals surface area contributed by atoms with Gasteiger partial charge in [0.15, 0.2) is 0 Å². The monoisotopic (exact) mass is 208 g/mol. The van der Waals surface area contributed by atoms with Gasteiger partial charge in [-0.3, -0.25) is 4.79 Å². The molecule has 0 aromatic heterocycles. The first kappa shape index (κ1) is 12.7. The Bertz CT molecular complexity index is 359. The molecule has 0 heterocycles. The van der Waals surface area contributed by atoms with Crippen LogP contribution in [0.5, 0.6) is 0 Å². The van der Waals surface area contributed by atoms with Gasteiger partial charge in [0.05, 0.1) is 12.7 Å². The van der Waals surface area contributed by atoms with Crippen LogP contribution in [0.1, 0.15) is 12.8 Å². The number of carbonyl (C=O) groups is 2. The van der Waals surface area contributed by atoms with E-state index < -0.39 is 17.5 Å². The molecule has 0 amide bonds. The summed E-state index contributed by atoms with van der Waals surface area (Å²) in [5.41, 5.74) is -0.396. The zero-order valence-electron chi connectivity index (χ0n) is 7.77. The van der Waals surface area contributed by atoms with Gasteiger partial charge in [0.1, 0.15) is 11.6 Å². The Hall–Kier alpha value is -2.34. The minimum absolute atomic E-state index is 0.0877. The van der Waals surface area contributed by atoms with E-state index in [2.05, 4.69) is 4.74 Å². The highest BCUT2D eigenvalue weighted by Crippen LogP contribution is 1.98. The van der Waals surface area contributed by atoms with Crippen molar-refractivity contribution in [1.82, 2.24) is 0 Å². The fourth-order valence-electron chi connectivity index (χ4n) is 0.667. The molecule has 0 aliphatic carbocycles. The Morgan fingerprint density at radius 2 is 2.07 bits per heavy atom. The number of rotatable bonds is 5. The smallest absolute Gasteiger partial charge is 0.349 e. The number of carboxylic acids is 1. The van der Waals surface area contributed by atoms with Gasteiger partial charge in [0.2, 0.25) is 0 Å². The van der Waals surface area contributed by atoms with E-state index in [4.69, 9.17) is 15.6 Å². The molecule has 6 heteroatoms. The summed E-state index contributed by atoms with van der Waals surface area (Å²) in [6.07, 6.45) is 0.836. The van der Waals surface area contributed by atoms with Crippen LogP contribution in [0, 0.1) is 22.7 Å². The van der Waals surface area contributed by atoms with Crippen LogP contribution in [0.15, 0.2) is 11.6 Å². The van der Waals surface area contributed by atoms with Crippen molar-refractivity contribution in [3.63, 3.8) is 0 Å². The number of esters is 1. The van der Waals surface area contributed by atoms with E-state index in [9.17, 15) is 9.59 Å². The lowest BCUT2D eigenvalue weighted by Gasteiger charge is -2.00. The largest absolute Gasteiger partial charge is 0.481 e. The summed E-state index contributed by atoms with van der Waals surface area (Å²) in [5.74, 6) is -1.90. The van der Waals surface area contributed by atoms with E-state index in [1.807, 2.05) is 0 Å². The summed E-state index contributed by atoms with van der Waals surface area (Å²) in [6, 6.07) is 3.03. The minimum Gasteiger partial charge on any atom is -0.481 e. The summed E-state index contributed by atoms with van der Waals surface area (Å²) < 4.78 is 4.55. The van der Waals surface area contributed by atoms with Gasteiger partial charge >= 0.3 is 11.9 Å². The average molecular weight is 208 g/mol. The molecule has 0 unspecified atom stereocenters. The molecule has 0 aliphatic rings. The SMILES string of the molecule is N#CC=C(C#N)C(=O)OCCCC(=O)O. The molecular weight excluding hydrogens is 200 g/mol. The third-order valence-corrected chi connectivity index (χ3v) is 1.32. The molecule has 0 aromatic carbocycles. The maximum absolute atomic E-state index is 11.0. The van der Waals surface area contributed by atoms with Gasteiger partial charge in [-0.2, -0.15) is 10.5 Å². The van der Waals surface area contributed by atoms with Crippen molar-refractivity contribution in [2.45, 2.75) is 12.8 Å². The lowest BCUT2D eigenvalue weighted by atomic mass is 10.3. The second-order valence-corrected chi connectivity index (χ2v) is 2.43. The predicted octanol–water partition coefficient (Wildman–Crippen LogP) is 0.368. The molecule has 15 heavy (non-hydrogen) atoms. The van der Waals surface area contributed by atoms with Crippen LogP contribution in [0.25, 0.3) is 0 Å². The van der Waals surface area contributed by atoms with E-state index in [-0.39, 0.29) is 19.4 Å². The first-order valence-electron chi connectivity index (χ1n) is 4.00. The van der Waals surface area contributed by atoms with Crippen molar-refractivity contribution in [2.24, 2.45) is 0 Å². The molecule has 78 valence electrons. The second kappa shape index (κ2) is 7.10. The van der Waals surface area contributed by atoms with Gasteiger partial charge in [-0.25, -0.2) is 4.79 Å². The Labute approximate surface area is 86.0 Å². The van der Waals surface area contributed by atoms with Crippen molar-refractivity contribution in [2.75, 3.05) is 6.61 Å². The number of allylic oxidation sites excluding steroid dienone is 1. The minimum atomic E-state index is -0.987. The molecular formula is C9H8N2O4. The Balaban J connectivity index is 3.95. The van der Waals surface area contributed by atoms with Crippen LogP contribution >= 0.6 is 0 Å². The summed E-state index contributed by atoms with van der Waals surface area (Å²) in [6.45, 7) is -0.0877. The lowest BCUT2D eigenvalue weighted by Crippen LogP contribution is -2.09. The Morgan fingerprint density at radius 3 is 2.53 bits per heavy atom. The number of hydrogen-bond acceptors (Lipinski definition) is 5. The second-order valence-electron chi connectivity index (χ2n) is 2.43. The molecule has 0 aromatic rings. The molecule has 0 saturated carbocycles. The molecule has 0 bridgehead atoms. The van der Waals surface area contributed by atoms with Crippen molar-refractivity contribution < 1.29 is 19.4 Å². The van der Waals surface area contributed by atoms with E-state index in [1.165, 1.54) is 12.1 Å². The van der Waals surface area contributed by atoms with Crippen LogP contribution < -0.4 is 0 Å². The number of carboxylic acid groups (broad SMARTS) is 1. The number of carbonyl (C=O) groups excluding carboxylic acids is 1. The molecule has 0 spiro atoms. The molecule has 0 saturated heterocycles.